The molecular weight excluding hydrogens is 322 g/mol. The SMILES string of the molecule is COc1ccccc1CNC(=O)N1CCN(C(=O)c2ccco2)CC1. The number of urea groups is 1. The van der Waals surface area contributed by atoms with Crippen LogP contribution in [0.25, 0.3) is 0 Å². The lowest BCUT2D eigenvalue weighted by molar-refractivity contribution is 0.0634. The number of methoxy groups -OCH3 is 1. The average Bonchev–Trinajstić information content (AvgIpc) is 3.20. The molecule has 1 N–H and O–H groups in total. The molecular formula is C18H21N3O4. The van der Waals surface area contributed by atoms with Crippen LogP contribution in [0.3, 0.4) is 0 Å². The van der Waals surface area contributed by atoms with Crippen molar-refractivity contribution in [3.05, 3.63) is 54.0 Å². The Balaban J connectivity index is 1.49. The number of para-hydroxylation sites is 1. The van der Waals surface area contributed by atoms with E-state index < -0.39 is 0 Å². The third-order valence-electron chi connectivity index (χ3n) is 4.21. The third kappa shape index (κ3) is 3.93. The first kappa shape index (κ1) is 16.9. The Labute approximate surface area is 146 Å². The molecule has 1 aliphatic rings. The van der Waals surface area contributed by atoms with E-state index in [0.29, 0.717) is 38.5 Å². The maximum atomic E-state index is 12.3. The Morgan fingerprint density at radius 3 is 2.48 bits per heavy atom. The Morgan fingerprint density at radius 1 is 1.08 bits per heavy atom. The van der Waals surface area contributed by atoms with Gasteiger partial charge in [0.05, 0.1) is 13.4 Å². The Kier molecular flexibility index (Phi) is 5.23. The summed E-state index contributed by atoms with van der Waals surface area (Å²) in [5, 5.41) is 2.90. The number of piperazine rings is 1. The molecule has 0 aliphatic carbocycles. The van der Waals surface area contributed by atoms with Crippen molar-refractivity contribution >= 4 is 11.9 Å². The summed E-state index contributed by atoms with van der Waals surface area (Å²) in [4.78, 5) is 28.0. The zero-order valence-electron chi connectivity index (χ0n) is 14.1. The zero-order valence-corrected chi connectivity index (χ0v) is 14.1. The number of rotatable bonds is 4. The normalized spacial score (nSPS) is 14.3. The van der Waals surface area contributed by atoms with Gasteiger partial charge in [-0.2, -0.15) is 0 Å². The third-order valence-corrected chi connectivity index (χ3v) is 4.21. The van der Waals surface area contributed by atoms with Crippen molar-refractivity contribution in [2.24, 2.45) is 0 Å². The van der Waals surface area contributed by atoms with Crippen LogP contribution in [0.4, 0.5) is 4.79 Å². The van der Waals surface area contributed by atoms with Gasteiger partial charge < -0.3 is 24.3 Å². The van der Waals surface area contributed by atoms with E-state index in [1.807, 2.05) is 24.3 Å². The fourth-order valence-corrected chi connectivity index (χ4v) is 2.80. The van der Waals surface area contributed by atoms with Crippen LogP contribution in [0.2, 0.25) is 0 Å². The number of carbonyl (C=O) groups excluding carboxylic acids is 2. The topological polar surface area (TPSA) is 75.0 Å². The number of ether oxygens (including phenoxy) is 1. The second-order valence-corrected chi connectivity index (χ2v) is 5.73. The molecule has 7 heteroatoms. The van der Waals surface area contributed by atoms with Gasteiger partial charge in [-0.3, -0.25) is 4.79 Å². The number of hydrogen-bond acceptors (Lipinski definition) is 4. The van der Waals surface area contributed by atoms with Gasteiger partial charge in [0.25, 0.3) is 5.91 Å². The minimum atomic E-state index is -0.143. The average molecular weight is 343 g/mol. The summed E-state index contributed by atoms with van der Waals surface area (Å²) >= 11 is 0. The number of nitrogens with zero attached hydrogens (tertiary/aromatic N) is 2. The van der Waals surface area contributed by atoms with E-state index in [9.17, 15) is 9.59 Å². The summed E-state index contributed by atoms with van der Waals surface area (Å²) in [5.41, 5.74) is 0.921. The molecule has 132 valence electrons. The predicted molar refractivity (Wildman–Crippen MR) is 91.4 cm³/mol. The first-order valence-electron chi connectivity index (χ1n) is 8.16. The lowest BCUT2D eigenvalue weighted by Gasteiger charge is -2.34. The smallest absolute Gasteiger partial charge is 0.317 e. The quantitative estimate of drug-likeness (QED) is 0.921. The highest BCUT2D eigenvalue weighted by atomic mass is 16.5. The van der Waals surface area contributed by atoms with Crippen LogP contribution in [0.5, 0.6) is 5.75 Å². The van der Waals surface area contributed by atoms with E-state index in [1.165, 1.54) is 6.26 Å². The molecule has 2 heterocycles. The van der Waals surface area contributed by atoms with Crippen LogP contribution in [0.15, 0.2) is 47.1 Å². The van der Waals surface area contributed by atoms with Gasteiger partial charge >= 0.3 is 6.03 Å². The minimum Gasteiger partial charge on any atom is -0.496 e. The molecule has 2 aromatic rings. The highest BCUT2D eigenvalue weighted by Crippen LogP contribution is 2.17. The zero-order chi connectivity index (χ0) is 17.6. The van der Waals surface area contributed by atoms with Crippen molar-refractivity contribution in [1.29, 1.82) is 0 Å². The Bertz CT molecular complexity index is 722. The van der Waals surface area contributed by atoms with Crippen LogP contribution >= 0.6 is 0 Å². The molecule has 1 aromatic heterocycles. The first-order valence-corrected chi connectivity index (χ1v) is 8.16. The van der Waals surface area contributed by atoms with Gasteiger partial charge in [0.2, 0.25) is 0 Å². The number of benzene rings is 1. The van der Waals surface area contributed by atoms with Gasteiger partial charge in [0.15, 0.2) is 5.76 Å². The highest BCUT2D eigenvalue weighted by molar-refractivity contribution is 5.91. The summed E-state index contributed by atoms with van der Waals surface area (Å²) in [6.45, 7) is 2.35. The van der Waals surface area contributed by atoms with Gasteiger partial charge in [-0.15, -0.1) is 0 Å². The molecule has 0 atom stereocenters. The minimum absolute atomic E-state index is 0.140. The van der Waals surface area contributed by atoms with Gasteiger partial charge in [-0.25, -0.2) is 4.79 Å². The Morgan fingerprint density at radius 2 is 1.80 bits per heavy atom. The van der Waals surface area contributed by atoms with E-state index in [-0.39, 0.29) is 11.9 Å². The molecule has 0 saturated carbocycles. The molecule has 1 aliphatic heterocycles. The summed E-state index contributed by atoms with van der Waals surface area (Å²) in [5.74, 6) is 0.935. The van der Waals surface area contributed by atoms with Gasteiger partial charge in [-0.05, 0) is 18.2 Å². The van der Waals surface area contributed by atoms with Gasteiger partial charge in [0, 0.05) is 38.3 Å². The summed E-state index contributed by atoms with van der Waals surface area (Å²) in [6.07, 6.45) is 1.48. The maximum absolute atomic E-state index is 12.3. The second kappa shape index (κ2) is 7.74. The van der Waals surface area contributed by atoms with Crippen LogP contribution in [0, 0.1) is 0 Å². The molecule has 0 radical (unpaired) electrons. The van der Waals surface area contributed by atoms with Gasteiger partial charge in [-0.1, -0.05) is 18.2 Å². The van der Waals surface area contributed by atoms with Crippen LogP contribution in [-0.2, 0) is 6.54 Å². The number of hydrogen-bond donors (Lipinski definition) is 1. The van der Waals surface area contributed by atoms with Crippen LogP contribution in [-0.4, -0.2) is 55.0 Å². The molecule has 0 bridgehead atoms. The monoisotopic (exact) mass is 343 g/mol. The predicted octanol–water partition coefficient (Wildman–Crippen LogP) is 1.96. The molecule has 0 spiro atoms. The molecule has 1 fully saturated rings. The van der Waals surface area contributed by atoms with Crippen molar-refractivity contribution in [1.82, 2.24) is 15.1 Å². The molecule has 25 heavy (non-hydrogen) atoms. The summed E-state index contributed by atoms with van der Waals surface area (Å²) < 4.78 is 10.4. The standard InChI is InChI=1S/C18H21N3O4/c1-24-15-6-3-2-5-14(15)13-19-18(23)21-10-8-20(9-11-21)17(22)16-7-4-12-25-16/h2-7,12H,8-11,13H2,1H3,(H,19,23). The van der Waals surface area contributed by atoms with Crippen LogP contribution in [0.1, 0.15) is 16.1 Å². The molecule has 0 unspecified atom stereocenters. The lowest BCUT2D eigenvalue weighted by Crippen LogP contribution is -2.53. The Hall–Kier alpha value is -2.96. The fraction of sp³-hybridized carbons (Fsp3) is 0.333. The molecule has 1 aromatic carbocycles. The van der Waals surface area contributed by atoms with E-state index in [2.05, 4.69) is 5.32 Å². The van der Waals surface area contributed by atoms with E-state index in [4.69, 9.17) is 9.15 Å². The van der Waals surface area contributed by atoms with Gasteiger partial charge in [0.1, 0.15) is 5.75 Å². The summed E-state index contributed by atoms with van der Waals surface area (Å²) in [7, 11) is 1.61. The fourth-order valence-electron chi connectivity index (χ4n) is 2.80. The summed E-state index contributed by atoms with van der Waals surface area (Å²) in [6, 6.07) is 10.8. The number of carbonyl (C=O) groups is 2. The van der Waals surface area contributed by atoms with E-state index in [1.54, 1.807) is 29.0 Å². The number of nitrogens with one attached hydrogen (secondary N) is 1. The first-order chi connectivity index (χ1) is 12.2. The van der Waals surface area contributed by atoms with E-state index in [0.717, 1.165) is 11.3 Å². The molecule has 3 rings (SSSR count). The number of furan rings is 1. The largest absolute Gasteiger partial charge is 0.496 e. The number of amides is 3. The van der Waals surface area contributed by atoms with Crippen molar-refractivity contribution in [2.45, 2.75) is 6.54 Å². The van der Waals surface area contributed by atoms with Crippen molar-refractivity contribution in [2.75, 3.05) is 33.3 Å². The molecule has 3 amide bonds. The van der Waals surface area contributed by atoms with Crippen LogP contribution < -0.4 is 10.1 Å². The highest BCUT2D eigenvalue weighted by Gasteiger charge is 2.25. The van der Waals surface area contributed by atoms with Crippen molar-refractivity contribution < 1.29 is 18.7 Å². The maximum Gasteiger partial charge on any atom is 0.317 e. The molecule has 1 saturated heterocycles. The van der Waals surface area contributed by atoms with Crippen molar-refractivity contribution in [3.8, 4) is 5.75 Å². The van der Waals surface area contributed by atoms with Crippen molar-refractivity contribution in [3.63, 3.8) is 0 Å². The second-order valence-electron chi connectivity index (χ2n) is 5.73. The molecule has 7 nitrogen and oxygen atoms in total. The van der Waals surface area contributed by atoms with E-state index >= 15 is 0 Å². The lowest BCUT2D eigenvalue weighted by atomic mass is 10.2.